The molecule has 222 valence electrons. The van der Waals surface area contributed by atoms with E-state index in [9.17, 15) is 30.8 Å². The van der Waals surface area contributed by atoms with Crippen LogP contribution in [0.4, 0.5) is 23.2 Å². The molecule has 0 unspecified atom stereocenters. The van der Waals surface area contributed by atoms with E-state index in [1.54, 1.807) is 6.92 Å². The highest BCUT2D eigenvalue weighted by Gasteiger charge is 2.36. The van der Waals surface area contributed by atoms with Gasteiger partial charge in [0.1, 0.15) is 10.7 Å². The van der Waals surface area contributed by atoms with Gasteiger partial charge in [0.05, 0.1) is 34.5 Å². The van der Waals surface area contributed by atoms with Crippen LogP contribution in [0.2, 0.25) is 5.02 Å². The number of ether oxygens (including phenoxy) is 1. The zero-order valence-corrected chi connectivity index (χ0v) is 23.9. The molecule has 0 aliphatic rings. The molecule has 0 radical (unpaired) electrons. The quantitative estimate of drug-likeness (QED) is 0.204. The van der Waals surface area contributed by atoms with E-state index in [0.29, 0.717) is 11.8 Å². The maximum Gasteiger partial charge on any atom is 0.418 e. The SMILES string of the molecule is Cc1c(C(=O)Nc2ccc(S(N)(=O)=O)c(Cl)c2)cc(C[C@H](C)OCc2ccccc2)n1-c1ccc(F)cc1C(F)(F)F. The molecule has 4 rings (SSSR count). The topological polar surface area (TPSA) is 103 Å². The lowest BCUT2D eigenvalue weighted by Gasteiger charge is -2.20. The lowest BCUT2D eigenvalue weighted by molar-refractivity contribution is -0.137. The van der Waals surface area contributed by atoms with Crippen LogP contribution in [0.25, 0.3) is 5.69 Å². The molecule has 0 fully saturated rings. The first-order valence-corrected chi connectivity index (χ1v) is 14.4. The van der Waals surface area contributed by atoms with Crippen molar-refractivity contribution in [3.63, 3.8) is 0 Å². The number of benzene rings is 3. The summed E-state index contributed by atoms with van der Waals surface area (Å²) in [5, 5.41) is 7.48. The first kappa shape index (κ1) is 31.2. The van der Waals surface area contributed by atoms with Crippen molar-refractivity contribution in [2.45, 2.75) is 44.1 Å². The Bertz CT molecular complexity index is 1720. The summed E-state index contributed by atoms with van der Waals surface area (Å²) in [5.41, 5.74) is -0.0299. The van der Waals surface area contributed by atoms with Gasteiger partial charge in [0, 0.05) is 23.5 Å². The lowest BCUT2D eigenvalue weighted by atomic mass is 10.1. The van der Waals surface area contributed by atoms with E-state index < -0.39 is 39.6 Å². The van der Waals surface area contributed by atoms with Crippen LogP contribution < -0.4 is 10.5 Å². The molecule has 7 nitrogen and oxygen atoms in total. The van der Waals surface area contributed by atoms with Crippen molar-refractivity contribution in [2.24, 2.45) is 5.14 Å². The van der Waals surface area contributed by atoms with Gasteiger partial charge >= 0.3 is 6.18 Å². The summed E-state index contributed by atoms with van der Waals surface area (Å²) in [7, 11) is -4.10. The largest absolute Gasteiger partial charge is 0.418 e. The van der Waals surface area contributed by atoms with Crippen LogP contribution in [-0.2, 0) is 34.0 Å². The number of alkyl halides is 3. The van der Waals surface area contributed by atoms with Crippen LogP contribution in [0.5, 0.6) is 0 Å². The van der Waals surface area contributed by atoms with Crippen LogP contribution in [0, 0.1) is 12.7 Å². The summed E-state index contributed by atoms with van der Waals surface area (Å²) in [4.78, 5) is 13.0. The number of rotatable bonds is 9. The molecule has 0 aliphatic carbocycles. The Labute approximate surface area is 244 Å². The molecule has 3 aromatic carbocycles. The van der Waals surface area contributed by atoms with Gasteiger partial charge in [-0.15, -0.1) is 0 Å². The fourth-order valence-corrected chi connectivity index (χ4v) is 5.58. The zero-order chi connectivity index (χ0) is 30.8. The molecule has 42 heavy (non-hydrogen) atoms. The molecule has 1 aromatic heterocycles. The molecule has 1 heterocycles. The van der Waals surface area contributed by atoms with Crippen molar-refractivity contribution in [1.82, 2.24) is 4.57 Å². The molecule has 4 aromatic rings. The predicted molar refractivity (Wildman–Crippen MR) is 151 cm³/mol. The van der Waals surface area contributed by atoms with Crippen LogP contribution in [0.3, 0.4) is 0 Å². The molecule has 3 N–H and O–H groups in total. The Kier molecular flexibility index (Phi) is 9.12. The summed E-state index contributed by atoms with van der Waals surface area (Å²) in [6.45, 7) is 3.48. The van der Waals surface area contributed by atoms with Crippen molar-refractivity contribution in [1.29, 1.82) is 0 Å². The van der Waals surface area contributed by atoms with E-state index in [0.717, 1.165) is 23.8 Å². The third kappa shape index (κ3) is 7.19. The summed E-state index contributed by atoms with van der Waals surface area (Å²) < 4.78 is 86.4. The number of nitrogens with zero attached hydrogens (tertiary/aromatic N) is 1. The average Bonchev–Trinajstić information content (AvgIpc) is 3.22. The van der Waals surface area contributed by atoms with Crippen molar-refractivity contribution in [2.75, 3.05) is 5.32 Å². The smallest absolute Gasteiger partial charge is 0.373 e. The van der Waals surface area contributed by atoms with Crippen molar-refractivity contribution in [3.8, 4) is 5.69 Å². The molecule has 1 amide bonds. The van der Waals surface area contributed by atoms with Crippen LogP contribution in [0.15, 0.2) is 77.7 Å². The molecular formula is C29H26ClF4N3O4S. The second kappa shape index (κ2) is 12.3. The van der Waals surface area contributed by atoms with E-state index in [2.05, 4.69) is 5.32 Å². The number of halogens is 5. The van der Waals surface area contributed by atoms with Crippen molar-refractivity contribution in [3.05, 3.63) is 112 Å². The fourth-order valence-electron chi connectivity index (χ4n) is 4.49. The van der Waals surface area contributed by atoms with Gasteiger partial charge in [0.25, 0.3) is 5.91 Å². The molecule has 0 aliphatic heterocycles. The Morgan fingerprint density at radius 1 is 1.07 bits per heavy atom. The van der Waals surface area contributed by atoms with Gasteiger partial charge in [-0.1, -0.05) is 41.9 Å². The normalized spacial score (nSPS) is 12.8. The monoisotopic (exact) mass is 623 g/mol. The third-order valence-corrected chi connectivity index (χ3v) is 7.84. The molecule has 0 spiro atoms. The van der Waals surface area contributed by atoms with Crippen LogP contribution >= 0.6 is 11.6 Å². The fraction of sp³-hybridized carbons (Fsp3) is 0.207. The van der Waals surface area contributed by atoms with Gasteiger partial charge in [-0.05, 0) is 61.9 Å². The van der Waals surface area contributed by atoms with Crippen molar-refractivity contribution < 1.29 is 35.5 Å². The van der Waals surface area contributed by atoms with E-state index in [1.807, 2.05) is 30.3 Å². The number of carbonyl (C=O) groups excluding carboxylic acids is 1. The second-order valence-electron chi connectivity index (χ2n) is 9.59. The average molecular weight is 624 g/mol. The van der Waals surface area contributed by atoms with Gasteiger partial charge in [0.15, 0.2) is 0 Å². The summed E-state index contributed by atoms with van der Waals surface area (Å²) >= 11 is 6.02. The number of sulfonamides is 1. The number of nitrogens with one attached hydrogen (secondary N) is 1. The highest BCUT2D eigenvalue weighted by atomic mass is 35.5. The molecule has 13 heteroatoms. The zero-order valence-electron chi connectivity index (χ0n) is 22.4. The van der Waals surface area contributed by atoms with E-state index >= 15 is 0 Å². The van der Waals surface area contributed by atoms with E-state index in [-0.39, 0.29) is 45.6 Å². The minimum atomic E-state index is -4.88. The number of aromatic nitrogens is 1. The summed E-state index contributed by atoms with van der Waals surface area (Å²) in [6, 6.07) is 16.7. The number of primary sulfonamides is 1. The Hall–Kier alpha value is -3.71. The Morgan fingerprint density at radius 3 is 2.38 bits per heavy atom. The van der Waals surface area contributed by atoms with Crippen LogP contribution in [-0.4, -0.2) is 25.0 Å². The Morgan fingerprint density at radius 2 is 1.76 bits per heavy atom. The number of anilines is 1. The highest BCUT2D eigenvalue weighted by Crippen LogP contribution is 2.37. The lowest BCUT2D eigenvalue weighted by Crippen LogP contribution is -2.18. The van der Waals surface area contributed by atoms with E-state index in [4.69, 9.17) is 21.5 Å². The van der Waals surface area contributed by atoms with Gasteiger partial charge in [-0.2, -0.15) is 13.2 Å². The van der Waals surface area contributed by atoms with Gasteiger partial charge in [0.2, 0.25) is 10.0 Å². The van der Waals surface area contributed by atoms with Gasteiger partial charge in [-0.25, -0.2) is 17.9 Å². The molecule has 0 saturated heterocycles. The maximum atomic E-state index is 14.0. The standard InChI is InChI=1S/C29H26ClF4N3O4S/c1-17(41-16-19-6-4-3-5-7-19)12-22-15-23(28(38)36-21-9-11-27(25(30)14-21)42(35,39)40)18(2)37(22)26-10-8-20(31)13-24(26)29(32,33)34/h3-11,13-15,17H,12,16H2,1-2H3,(H,36,38)(H2,35,39,40)/t17-/m0/s1. The molecular weight excluding hydrogens is 598 g/mol. The summed E-state index contributed by atoms with van der Waals surface area (Å²) in [5.74, 6) is -1.75. The number of amides is 1. The first-order valence-electron chi connectivity index (χ1n) is 12.5. The number of nitrogens with two attached hydrogens (primary N) is 1. The highest BCUT2D eigenvalue weighted by molar-refractivity contribution is 7.89. The molecule has 0 bridgehead atoms. The predicted octanol–water partition coefficient (Wildman–Crippen LogP) is 6.64. The summed E-state index contributed by atoms with van der Waals surface area (Å²) in [6.07, 6.45) is -5.25. The number of carbonyl (C=O) groups is 1. The molecule has 1 atom stereocenters. The minimum absolute atomic E-state index is 0.0318. The Balaban J connectivity index is 1.73. The third-order valence-electron chi connectivity index (χ3n) is 6.44. The number of hydrogen-bond donors (Lipinski definition) is 2. The van der Waals surface area contributed by atoms with Gasteiger partial charge < -0.3 is 14.6 Å². The maximum absolute atomic E-state index is 14.0. The van der Waals surface area contributed by atoms with Gasteiger partial charge in [-0.3, -0.25) is 4.79 Å². The molecule has 0 saturated carbocycles. The van der Waals surface area contributed by atoms with E-state index in [1.165, 1.54) is 29.7 Å². The number of hydrogen-bond acceptors (Lipinski definition) is 4. The van der Waals surface area contributed by atoms with Crippen LogP contribution in [0.1, 0.15) is 39.8 Å². The van der Waals surface area contributed by atoms with Crippen molar-refractivity contribution >= 4 is 33.2 Å². The first-order chi connectivity index (χ1) is 19.6. The second-order valence-corrected chi connectivity index (χ2v) is 11.5. The minimum Gasteiger partial charge on any atom is -0.373 e.